The average Bonchev–Trinajstić information content (AvgIpc) is 2.86. The van der Waals surface area contributed by atoms with Crippen LogP contribution < -0.4 is 5.73 Å². The molecule has 4 heteroatoms. The van der Waals surface area contributed by atoms with Gasteiger partial charge in [0.05, 0.1) is 12.1 Å². The van der Waals surface area contributed by atoms with Crippen LogP contribution >= 0.6 is 0 Å². The van der Waals surface area contributed by atoms with Crippen molar-refractivity contribution >= 4 is 5.91 Å². The van der Waals surface area contributed by atoms with Crippen LogP contribution in [-0.2, 0) is 4.79 Å². The molecule has 0 saturated heterocycles. The molecule has 2 rings (SSSR count). The Balaban J connectivity index is 1.99. The highest BCUT2D eigenvalue weighted by Gasteiger charge is 2.37. The fourth-order valence-electron chi connectivity index (χ4n) is 3.61. The molecule has 0 aromatic carbocycles. The Morgan fingerprint density at radius 3 is 2.61 bits per heavy atom. The number of hydrogen-bond acceptors (Lipinski definition) is 3. The molecule has 0 aliphatic heterocycles. The fraction of sp³-hybridized carbons (Fsp3) is 0.929. The standard InChI is InChI=1S/C14H26N2O2/c1-16(12-7-2-3-8-13(12)17)14(18)11-6-4-5-10(11)9-15/h10-13,17H,2-9,15H2,1H3. The van der Waals surface area contributed by atoms with Crippen LogP contribution in [0.5, 0.6) is 0 Å². The monoisotopic (exact) mass is 254 g/mol. The maximum Gasteiger partial charge on any atom is 0.226 e. The molecule has 2 fully saturated rings. The highest BCUT2D eigenvalue weighted by atomic mass is 16.3. The summed E-state index contributed by atoms with van der Waals surface area (Å²) in [6.45, 7) is 0.609. The van der Waals surface area contributed by atoms with E-state index >= 15 is 0 Å². The van der Waals surface area contributed by atoms with Gasteiger partial charge < -0.3 is 15.7 Å². The number of carbonyl (C=O) groups excluding carboxylic acids is 1. The van der Waals surface area contributed by atoms with Gasteiger partial charge in [-0.2, -0.15) is 0 Å². The molecule has 104 valence electrons. The van der Waals surface area contributed by atoms with E-state index in [0.29, 0.717) is 12.5 Å². The van der Waals surface area contributed by atoms with Gasteiger partial charge in [0.15, 0.2) is 0 Å². The number of nitrogens with two attached hydrogens (primary N) is 1. The lowest BCUT2D eigenvalue weighted by Crippen LogP contribution is -2.49. The molecule has 0 aromatic rings. The van der Waals surface area contributed by atoms with Gasteiger partial charge in [-0.15, -0.1) is 0 Å². The van der Waals surface area contributed by atoms with Crippen molar-refractivity contribution in [2.45, 2.75) is 57.1 Å². The van der Waals surface area contributed by atoms with Crippen molar-refractivity contribution in [3.05, 3.63) is 0 Å². The largest absolute Gasteiger partial charge is 0.391 e. The molecule has 1 amide bonds. The van der Waals surface area contributed by atoms with Crippen molar-refractivity contribution in [1.29, 1.82) is 0 Å². The molecule has 4 nitrogen and oxygen atoms in total. The molecule has 2 saturated carbocycles. The Morgan fingerprint density at radius 1 is 1.22 bits per heavy atom. The predicted molar refractivity (Wildman–Crippen MR) is 70.9 cm³/mol. The number of nitrogens with zero attached hydrogens (tertiary/aromatic N) is 1. The van der Waals surface area contributed by atoms with Crippen LogP contribution in [0, 0.1) is 11.8 Å². The fourth-order valence-corrected chi connectivity index (χ4v) is 3.61. The number of aliphatic hydroxyl groups excluding tert-OH is 1. The predicted octanol–water partition coefficient (Wildman–Crippen LogP) is 1.12. The summed E-state index contributed by atoms with van der Waals surface area (Å²) in [6.07, 6.45) is 6.77. The van der Waals surface area contributed by atoms with Crippen LogP contribution in [0.1, 0.15) is 44.9 Å². The summed E-state index contributed by atoms with van der Waals surface area (Å²) in [5, 5.41) is 10.0. The van der Waals surface area contributed by atoms with E-state index in [9.17, 15) is 9.90 Å². The lowest BCUT2D eigenvalue weighted by molar-refractivity contribution is -0.140. The van der Waals surface area contributed by atoms with E-state index in [1.54, 1.807) is 0 Å². The summed E-state index contributed by atoms with van der Waals surface area (Å²) < 4.78 is 0. The minimum absolute atomic E-state index is 0.0188. The number of aliphatic hydroxyl groups is 1. The van der Waals surface area contributed by atoms with Crippen LogP contribution in [0.4, 0.5) is 0 Å². The van der Waals surface area contributed by atoms with Gasteiger partial charge in [-0.05, 0) is 38.1 Å². The van der Waals surface area contributed by atoms with E-state index in [-0.39, 0.29) is 24.0 Å². The van der Waals surface area contributed by atoms with Crippen molar-refractivity contribution in [2.24, 2.45) is 17.6 Å². The second kappa shape index (κ2) is 6.02. The van der Waals surface area contributed by atoms with Gasteiger partial charge in [-0.1, -0.05) is 19.3 Å². The summed E-state index contributed by atoms with van der Waals surface area (Å²) in [5.74, 6) is 0.642. The Morgan fingerprint density at radius 2 is 1.94 bits per heavy atom. The first-order valence-electron chi connectivity index (χ1n) is 7.30. The Bertz CT molecular complexity index is 296. The van der Waals surface area contributed by atoms with Crippen LogP contribution in [0.25, 0.3) is 0 Å². The zero-order chi connectivity index (χ0) is 13.1. The maximum absolute atomic E-state index is 12.5. The summed E-state index contributed by atoms with van der Waals surface area (Å²) in [5.41, 5.74) is 5.75. The SMILES string of the molecule is CN(C(=O)C1CCCC1CN)C1CCCCC1O. The molecule has 4 atom stereocenters. The quantitative estimate of drug-likeness (QED) is 0.793. The van der Waals surface area contributed by atoms with Crippen molar-refractivity contribution in [3.63, 3.8) is 0 Å². The van der Waals surface area contributed by atoms with Gasteiger partial charge in [-0.25, -0.2) is 0 Å². The zero-order valence-corrected chi connectivity index (χ0v) is 11.3. The Kier molecular flexibility index (Phi) is 4.62. The highest BCUT2D eigenvalue weighted by molar-refractivity contribution is 5.79. The third kappa shape index (κ3) is 2.69. The van der Waals surface area contributed by atoms with Crippen molar-refractivity contribution in [1.82, 2.24) is 4.90 Å². The third-order valence-corrected chi connectivity index (χ3v) is 4.82. The van der Waals surface area contributed by atoms with Crippen molar-refractivity contribution in [3.8, 4) is 0 Å². The third-order valence-electron chi connectivity index (χ3n) is 4.82. The molecule has 18 heavy (non-hydrogen) atoms. The highest BCUT2D eigenvalue weighted by Crippen LogP contribution is 2.33. The van der Waals surface area contributed by atoms with Crippen LogP contribution in [0.3, 0.4) is 0 Å². The summed E-state index contributed by atoms with van der Waals surface area (Å²) >= 11 is 0. The van der Waals surface area contributed by atoms with Crippen LogP contribution in [0.2, 0.25) is 0 Å². The molecule has 0 heterocycles. The maximum atomic E-state index is 12.5. The van der Waals surface area contributed by atoms with Gasteiger partial charge >= 0.3 is 0 Å². The minimum Gasteiger partial charge on any atom is -0.391 e. The van der Waals surface area contributed by atoms with Crippen molar-refractivity contribution in [2.75, 3.05) is 13.6 Å². The van der Waals surface area contributed by atoms with Gasteiger partial charge in [0.2, 0.25) is 5.91 Å². The lowest BCUT2D eigenvalue weighted by Gasteiger charge is -2.37. The number of hydrogen-bond donors (Lipinski definition) is 2. The number of likely N-dealkylation sites (N-methyl/N-ethyl adjacent to an activating group) is 1. The second-order valence-corrected chi connectivity index (χ2v) is 5.90. The van der Waals surface area contributed by atoms with E-state index in [4.69, 9.17) is 5.73 Å². The summed E-state index contributed by atoms with van der Waals surface area (Å²) in [4.78, 5) is 14.3. The average molecular weight is 254 g/mol. The molecule has 0 bridgehead atoms. The number of carbonyl (C=O) groups is 1. The number of rotatable bonds is 3. The van der Waals surface area contributed by atoms with Gasteiger partial charge in [0, 0.05) is 13.0 Å². The van der Waals surface area contributed by atoms with Gasteiger partial charge in [0.25, 0.3) is 0 Å². The van der Waals surface area contributed by atoms with Crippen LogP contribution in [0.15, 0.2) is 0 Å². The van der Waals surface area contributed by atoms with E-state index in [2.05, 4.69) is 0 Å². The molecular formula is C14H26N2O2. The summed E-state index contributed by atoms with van der Waals surface area (Å²) in [7, 11) is 1.85. The Labute approximate surface area is 110 Å². The normalized spacial score (nSPS) is 36.6. The van der Waals surface area contributed by atoms with E-state index in [1.165, 1.54) is 0 Å². The first-order chi connectivity index (χ1) is 8.65. The molecule has 2 aliphatic rings. The molecule has 0 spiro atoms. The molecule has 2 aliphatic carbocycles. The second-order valence-electron chi connectivity index (χ2n) is 5.90. The first kappa shape index (κ1) is 13.8. The van der Waals surface area contributed by atoms with Crippen molar-refractivity contribution < 1.29 is 9.90 Å². The molecule has 4 unspecified atom stereocenters. The minimum atomic E-state index is -0.342. The van der Waals surface area contributed by atoms with Gasteiger partial charge in [-0.3, -0.25) is 4.79 Å². The molecule has 0 aromatic heterocycles. The summed E-state index contributed by atoms with van der Waals surface area (Å²) in [6, 6.07) is 0.0188. The topological polar surface area (TPSA) is 66.6 Å². The van der Waals surface area contributed by atoms with E-state index in [1.807, 2.05) is 11.9 Å². The van der Waals surface area contributed by atoms with Crippen LogP contribution in [-0.4, -0.2) is 41.7 Å². The van der Waals surface area contributed by atoms with E-state index < -0.39 is 0 Å². The Hall–Kier alpha value is -0.610. The molecule has 3 N–H and O–H groups in total. The van der Waals surface area contributed by atoms with E-state index in [0.717, 1.165) is 44.9 Å². The smallest absolute Gasteiger partial charge is 0.226 e. The first-order valence-corrected chi connectivity index (χ1v) is 7.30. The lowest BCUT2D eigenvalue weighted by atomic mass is 9.89. The van der Waals surface area contributed by atoms with Gasteiger partial charge in [0.1, 0.15) is 0 Å². The molecular weight excluding hydrogens is 228 g/mol. The zero-order valence-electron chi connectivity index (χ0n) is 11.3. The number of amides is 1. The molecule has 0 radical (unpaired) electrons.